The fraction of sp³-hybridized carbons (Fsp3) is 0.286. The second-order valence-corrected chi connectivity index (χ2v) is 11.1. The predicted octanol–water partition coefficient (Wildman–Crippen LogP) is 3.89. The Morgan fingerprint density at radius 3 is 2.43 bits per heavy atom. The lowest BCUT2D eigenvalue weighted by atomic mass is 10.1. The van der Waals surface area contributed by atoms with Crippen molar-refractivity contribution < 1.29 is 13.2 Å². The van der Waals surface area contributed by atoms with E-state index in [9.17, 15) is 13.2 Å². The second kappa shape index (κ2) is 8.64. The maximum absolute atomic E-state index is 12.9. The van der Waals surface area contributed by atoms with Gasteiger partial charge < -0.3 is 5.32 Å². The molecule has 1 saturated heterocycles. The van der Waals surface area contributed by atoms with E-state index >= 15 is 0 Å². The Morgan fingerprint density at radius 1 is 1.03 bits per heavy atom. The lowest BCUT2D eigenvalue weighted by Gasteiger charge is -2.36. The number of thiophene rings is 1. The van der Waals surface area contributed by atoms with Gasteiger partial charge in [-0.2, -0.15) is 4.31 Å². The molecule has 3 aromatic rings. The van der Waals surface area contributed by atoms with Crippen LogP contribution in [0.5, 0.6) is 0 Å². The van der Waals surface area contributed by atoms with Gasteiger partial charge in [0, 0.05) is 37.3 Å². The van der Waals surface area contributed by atoms with Gasteiger partial charge in [-0.05, 0) is 30.5 Å². The van der Waals surface area contributed by atoms with Crippen molar-refractivity contribution in [1.29, 1.82) is 0 Å². The largest absolute Gasteiger partial charge is 0.324 e. The molecule has 0 radical (unpaired) electrons. The highest BCUT2D eigenvalue weighted by molar-refractivity contribution is 7.91. The number of sulfonamides is 1. The molecule has 0 spiro atoms. The molecule has 0 saturated carbocycles. The normalized spacial score (nSPS) is 17.1. The van der Waals surface area contributed by atoms with Crippen LogP contribution in [0.4, 0.5) is 5.69 Å². The summed E-state index contributed by atoms with van der Waals surface area (Å²) < 4.78 is 27.7. The Kier molecular flexibility index (Phi) is 6.13. The maximum atomic E-state index is 12.9. The van der Waals surface area contributed by atoms with Crippen molar-refractivity contribution in [1.82, 2.24) is 9.21 Å². The van der Waals surface area contributed by atoms with E-state index in [1.165, 1.54) is 10.4 Å². The zero-order valence-electron chi connectivity index (χ0n) is 16.4. The standard InChI is InChI=1S/C21H22ClN3O3S2/c1-15(21(26)23-18-8-4-6-16-5-2-3-7-17(16)18)24-11-13-25(14-12-24)30(27,28)20-10-9-19(22)29-20/h2-10,15H,11-14H2,1H3,(H,23,26)/t15-/m0/s1. The summed E-state index contributed by atoms with van der Waals surface area (Å²) >= 11 is 6.95. The Bertz CT molecular complexity index is 1170. The second-order valence-electron chi connectivity index (χ2n) is 7.19. The molecular weight excluding hydrogens is 442 g/mol. The van der Waals surface area contributed by atoms with E-state index in [0.717, 1.165) is 27.8 Å². The van der Waals surface area contributed by atoms with E-state index in [1.807, 2.05) is 54.3 Å². The maximum Gasteiger partial charge on any atom is 0.252 e. The first kappa shape index (κ1) is 21.3. The van der Waals surface area contributed by atoms with E-state index in [0.29, 0.717) is 30.5 Å². The number of nitrogens with one attached hydrogen (secondary N) is 1. The summed E-state index contributed by atoms with van der Waals surface area (Å²) in [4.78, 5) is 14.9. The highest BCUT2D eigenvalue weighted by Crippen LogP contribution is 2.29. The summed E-state index contributed by atoms with van der Waals surface area (Å²) in [6.07, 6.45) is 0. The molecule has 0 bridgehead atoms. The Labute approximate surface area is 185 Å². The average Bonchev–Trinajstić information content (AvgIpc) is 3.21. The van der Waals surface area contributed by atoms with Crippen LogP contribution in [0.1, 0.15) is 6.92 Å². The Balaban J connectivity index is 1.40. The number of carbonyl (C=O) groups excluding carboxylic acids is 1. The summed E-state index contributed by atoms with van der Waals surface area (Å²) in [5.74, 6) is -0.104. The van der Waals surface area contributed by atoms with E-state index < -0.39 is 10.0 Å². The predicted molar refractivity (Wildman–Crippen MR) is 122 cm³/mol. The highest BCUT2D eigenvalue weighted by Gasteiger charge is 2.32. The first-order valence-corrected chi connectivity index (χ1v) is 12.3. The minimum atomic E-state index is -3.54. The van der Waals surface area contributed by atoms with Gasteiger partial charge in [-0.25, -0.2) is 8.42 Å². The van der Waals surface area contributed by atoms with Gasteiger partial charge in [-0.15, -0.1) is 11.3 Å². The highest BCUT2D eigenvalue weighted by atomic mass is 35.5. The van der Waals surface area contributed by atoms with E-state index in [-0.39, 0.29) is 16.2 Å². The van der Waals surface area contributed by atoms with Gasteiger partial charge in [-0.3, -0.25) is 9.69 Å². The average molecular weight is 464 g/mol. The van der Waals surface area contributed by atoms with E-state index in [2.05, 4.69) is 5.32 Å². The minimum absolute atomic E-state index is 0.104. The number of fused-ring (bicyclic) bond motifs is 1. The van der Waals surface area contributed by atoms with Crippen molar-refractivity contribution in [2.75, 3.05) is 31.5 Å². The number of piperazine rings is 1. The molecule has 1 aliphatic heterocycles. The molecule has 1 fully saturated rings. The van der Waals surface area contributed by atoms with Gasteiger partial charge in [0.05, 0.1) is 10.4 Å². The molecule has 0 unspecified atom stereocenters. The van der Waals surface area contributed by atoms with Gasteiger partial charge in [-0.1, -0.05) is 48.0 Å². The first-order chi connectivity index (χ1) is 14.4. The van der Waals surface area contributed by atoms with Crippen LogP contribution in [-0.4, -0.2) is 55.8 Å². The number of nitrogens with zero attached hydrogens (tertiary/aromatic N) is 2. The van der Waals surface area contributed by atoms with Crippen molar-refractivity contribution in [3.8, 4) is 0 Å². The van der Waals surface area contributed by atoms with Crippen LogP contribution in [0.15, 0.2) is 58.8 Å². The number of halogens is 1. The quantitative estimate of drug-likeness (QED) is 0.623. The molecule has 1 amide bonds. The first-order valence-electron chi connectivity index (χ1n) is 9.64. The van der Waals surface area contributed by atoms with Crippen LogP contribution in [0.3, 0.4) is 0 Å². The molecular formula is C21H22ClN3O3S2. The van der Waals surface area contributed by atoms with Crippen molar-refractivity contribution in [3.05, 3.63) is 58.9 Å². The molecule has 2 aromatic carbocycles. The molecule has 2 heterocycles. The fourth-order valence-corrected chi connectivity index (χ4v) is 6.69. The summed E-state index contributed by atoms with van der Waals surface area (Å²) in [7, 11) is -3.54. The third kappa shape index (κ3) is 4.24. The van der Waals surface area contributed by atoms with Crippen molar-refractivity contribution in [3.63, 3.8) is 0 Å². The number of benzene rings is 2. The summed E-state index contributed by atoms with van der Waals surface area (Å²) in [5, 5.41) is 5.08. The zero-order valence-corrected chi connectivity index (χ0v) is 18.8. The topological polar surface area (TPSA) is 69.7 Å². The van der Waals surface area contributed by atoms with Crippen LogP contribution in [0.25, 0.3) is 10.8 Å². The lowest BCUT2D eigenvalue weighted by molar-refractivity contribution is -0.121. The number of carbonyl (C=O) groups is 1. The fourth-order valence-electron chi connectivity index (χ4n) is 3.63. The summed E-state index contributed by atoms with van der Waals surface area (Å²) in [5.41, 5.74) is 0.778. The van der Waals surface area contributed by atoms with E-state index in [4.69, 9.17) is 11.6 Å². The molecule has 158 valence electrons. The number of hydrogen-bond acceptors (Lipinski definition) is 5. The van der Waals surface area contributed by atoms with Gasteiger partial charge in [0.2, 0.25) is 5.91 Å². The van der Waals surface area contributed by atoms with Crippen molar-refractivity contribution >= 4 is 55.3 Å². The lowest BCUT2D eigenvalue weighted by Crippen LogP contribution is -2.53. The molecule has 1 aliphatic rings. The smallest absolute Gasteiger partial charge is 0.252 e. The Hall–Kier alpha value is -1.97. The molecule has 0 aliphatic carbocycles. The van der Waals surface area contributed by atoms with Crippen LogP contribution in [0.2, 0.25) is 4.34 Å². The molecule has 30 heavy (non-hydrogen) atoms. The number of amides is 1. The molecule has 9 heteroatoms. The number of rotatable bonds is 5. The molecule has 1 aromatic heterocycles. The SMILES string of the molecule is C[C@@H](C(=O)Nc1cccc2ccccc12)N1CCN(S(=O)(=O)c2ccc(Cl)s2)CC1. The van der Waals surface area contributed by atoms with Crippen molar-refractivity contribution in [2.45, 2.75) is 17.2 Å². The van der Waals surface area contributed by atoms with Crippen LogP contribution >= 0.6 is 22.9 Å². The van der Waals surface area contributed by atoms with Gasteiger partial charge in [0.1, 0.15) is 4.21 Å². The zero-order chi connectivity index (χ0) is 21.3. The third-order valence-corrected chi connectivity index (χ3v) is 8.99. The molecule has 6 nitrogen and oxygen atoms in total. The minimum Gasteiger partial charge on any atom is -0.324 e. The number of hydrogen-bond donors (Lipinski definition) is 1. The summed E-state index contributed by atoms with van der Waals surface area (Å²) in [6.45, 7) is 3.50. The number of anilines is 1. The summed E-state index contributed by atoms with van der Waals surface area (Å²) in [6, 6.07) is 16.5. The van der Waals surface area contributed by atoms with E-state index in [1.54, 1.807) is 6.07 Å². The molecule has 1 atom stereocenters. The van der Waals surface area contributed by atoms with Crippen LogP contribution in [0, 0.1) is 0 Å². The Morgan fingerprint density at radius 2 is 1.73 bits per heavy atom. The van der Waals surface area contributed by atoms with Gasteiger partial charge >= 0.3 is 0 Å². The van der Waals surface area contributed by atoms with Crippen LogP contribution in [-0.2, 0) is 14.8 Å². The van der Waals surface area contributed by atoms with Gasteiger partial charge in [0.25, 0.3) is 10.0 Å². The van der Waals surface area contributed by atoms with Gasteiger partial charge in [0.15, 0.2) is 0 Å². The third-order valence-electron chi connectivity index (χ3n) is 5.39. The van der Waals surface area contributed by atoms with Crippen LogP contribution < -0.4 is 5.32 Å². The van der Waals surface area contributed by atoms with Crippen molar-refractivity contribution in [2.24, 2.45) is 0 Å². The monoisotopic (exact) mass is 463 g/mol. The molecule has 1 N–H and O–H groups in total. The molecule has 4 rings (SSSR count).